The van der Waals surface area contributed by atoms with Crippen LogP contribution in [-0.4, -0.2) is 19.1 Å². The predicted molar refractivity (Wildman–Crippen MR) is 85.1 cm³/mol. The number of nitrogens with zero attached hydrogens (tertiary/aromatic N) is 1. The summed E-state index contributed by atoms with van der Waals surface area (Å²) in [4.78, 5) is 11.7. The van der Waals surface area contributed by atoms with E-state index in [1.165, 1.54) is 0 Å². The predicted octanol–water partition coefficient (Wildman–Crippen LogP) is 2.77. The van der Waals surface area contributed by atoms with Crippen molar-refractivity contribution in [2.45, 2.75) is 0 Å². The van der Waals surface area contributed by atoms with Gasteiger partial charge in [0.1, 0.15) is 11.8 Å². The van der Waals surface area contributed by atoms with Crippen LogP contribution in [0.4, 0.5) is 0 Å². The van der Waals surface area contributed by atoms with E-state index in [-0.39, 0.29) is 12.5 Å². The van der Waals surface area contributed by atoms with E-state index in [0.717, 1.165) is 5.56 Å². The third-order valence-corrected chi connectivity index (χ3v) is 2.89. The van der Waals surface area contributed by atoms with E-state index >= 15 is 0 Å². The molecule has 2 aromatic carbocycles. The van der Waals surface area contributed by atoms with Crippen molar-refractivity contribution < 1.29 is 9.53 Å². The third-order valence-electron chi connectivity index (χ3n) is 2.89. The van der Waals surface area contributed by atoms with Gasteiger partial charge in [0.25, 0.3) is 5.91 Å². The maximum atomic E-state index is 11.7. The van der Waals surface area contributed by atoms with Gasteiger partial charge in [0.15, 0.2) is 6.61 Å². The Kier molecular flexibility index (Phi) is 5.77. The highest BCUT2D eigenvalue weighted by molar-refractivity contribution is 5.77. The summed E-state index contributed by atoms with van der Waals surface area (Å²) in [6.07, 6.45) is 3.81. The second-order valence-electron chi connectivity index (χ2n) is 4.51. The quantitative estimate of drug-likeness (QED) is 0.890. The number of carbonyl (C=O) groups is 1. The molecule has 0 aromatic heterocycles. The van der Waals surface area contributed by atoms with Crippen LogP contribution in [0.1, 0.15) is 11.1 Å². The van der Waals surface area contributed by atoms with Gasteiger partial charge in [0.05, 0.1) is 5.56 Å². The van der Waals surface area contributed by atoms with Crippen molar-refractivity contribution in [3.63, 3.8) is 0 Å². The Morgan fingerprint density at radius 2 is 1.86 bits per heavy atom. The van der Waals surface area contributed by atoms with Crippen molar-refractivity contribution in [3.8, 4) is 11.8 Å². The summed E-state index contributed by atoms with van der Waals surface area (Å²) < 4.78 is 5.35. The topological polar surface area (TPSA) is 62.1 Å². The molecule has 1 amide bonds. The molecule has 0 saturated carbocycles. The van der Waals surface area contributed by atoms with E-state index in [4.69, 9.17) is 10.00 Å². The van der Waals surface area contributed by atoms with E-state index < -0.39 is 0 Å². The van der Waals surface area contributed by atoms with Crippen LogP contribution in [0.15, 0.2) is 60.7 Å². The molecule has 0 spiro atoms. The van der Waals surface area contributed by atoms with Crippen LogP contribution >= 0.6 is 0 Å². The first-order chi connectivity index (χ1) is 10.8. The lowest BCUT2D eigenvalue weighted by atomic mass is 10.2. The van der Waals surface area contributed by atoms with E-state index in [9.17, 15) is 4.79 Å². The minimum atomic E-state index is -0.231. The first-order valence-electron chi connectivity index (χ1n) is 6.90. The molecule has 0 atom stereocenters. The molecule has 22 heavy (non-hydrogen) atoms. The van der Waals surface area contributed by atoms with E-state index in [2.05, 4.69) is 5.32 Å². The molecule has 0 bridgehead atoms. The number of nitriles is 1. The van der Waals surface area contributed by atoms with Gasteiger partial charge in [0, 0.05) is 6.54 Å². The zero-order valence-electron chi connectivity index (χ0n) is 12.0. The first-order valence-corrected chi connectivity index (χ1v) is 6.90. The molecule has 4 nitrogen and oxygen atoms in total. The summed E-state index contributed by atoms with van der Waals surface area (Å²) in [5.74, 6) is 0.186. The van der Waals surface area contributed by atoms with Gasteiger partial charge in [-0.2, -0.15) is 5.26 Å². The van der Waals surface area contributed by atoms with Crippen LogP contribution in [0.2, 0.25) is 0 Å². The highest BCUT2D eigenvalue weighted by atomic mass is 16.5. The highest BCUT2D eigenvalue weighted by Crippen LogP contribution is 2.16. The first kappa shape index (κ1) is 15.3. The van der Waals surface area contributed by atoms with Crippen LogP contribution < -0.4 is 10.1 Å². The average molecular weight is 292 g/mol. The monoisotopic (exact) mass is 292 g/mol. The number of para-hydroxylation sites is 1. The second-order valence-corrected chi connectivity index (χ2v) is 4.51. The number of benzene rings is 2. The number of amides is 1. The standard InChI is InChI=1S/C18H16N2O2/c19-13-16-10-4-5-11-17(16)22-14-18(21)20-12-6-9-15-7-2-1-3-8-15/h1-11H,12,14H2,(H,20,21)/b9-6-. The van der Waals surface area contributed by atoms with Gasteiger partial charge in [0.2, 0.25) is 0 Å². The molecule has 0 aliphatic carbocycles. The number of carbonyl (C=O) groups excluding carboxylic acids is 1. The summed E-state index contributed by atoms with van der Waals surface area (Å²) in [5.41, 5.74) is 1.50. The van der Waals surface area contributed by atoms with Crippen molar-refractivity contribution in [2.75, 3.05) is 13.2 Å². The minimum Gasteiger partial charge on any atom is -0.482 e. The lowest BCUT2D eigenvalue weighted by Crippen LogP contribution is -2.29. The minimum absolute atomic E-state index is 0.113. The van der Waals surface area contributed by atoms with E-state index in [1.807, 2.05) is 48.6 Å². The van der Waals surface area contributed by atoms with Gasteiger partial charge in [-0.05, 0) is 17.7 Å². The fourth-order valence-corrected chi connectivity index (χ4v) is 1.81. The summed E-state index contributed by atoms with van der Waals surface area (Å²) in [5, 5.41) is 11.7. The Labute approximate surface area is 129 Å². The van der Waals surface area contributed by atoms with Crippen LogP contribution in [0.5, 0.6) is 5.75 Å². The smallest absolute Gasteiger partial charge is 0.258 e. The Hall–Kier alpha value is -3.06. The zero-order chi connectivity index (χ0) is 15.6. The second kappa shape index (κ2) is 8.28. The van der Waals surface area contributed by atoms with Crippen molar-refractivity contribution >= 4 is 12.0 Å². The van der Waals surface area contributed by atoms with Gasteiger partial charge in [-0.1, -0.05) is 54.6 Å². The van der Waals surface area contributed by atoms with E-state index in [0.29, 0.717) is 17.9 Å². The molecular formula is C18H16N2O2. The fraction of sp³-hybridized carbons (Fsp3) is 0.111. The van der Waals surface area contributed by atoms with Crippen LogP contribution in [-0.2, 0) is 4.79 Å². The molecule has 1 N–H and O–H groups in total. The Bertz CT molecular complexity index is 688. The molecule has 0 aliphatic heterocycles. The van der Waals surface area contributed by atoms with Crippen molar-refractivity contribution in [1.82, 2.24) is 5.32 Å². The van der Waals surface area contributed by atoms with Crippen LogP contribution in [0, 0.1) is 11.3 Å². The number of ether oxygens (including phenoxy) is 1. The van der Waals surface area contributed by atoms with Gasteiger partial charge in [-0.25, -0.2) is 0 Å². The lowest BCUT2D eigenvalue weighted by Gasteiger charge is -2.07. The summed E-state index contributed by atoms with van der Waals surface area (Å²) in [6.45, 7) is 0.314. The molecule has 110 valence electrons. The molecule has 2 rings (SSSR count). The SMILES string of the molecule is N#Cc1ccccc1OCC(=O)NC/C=C\c1ccccc1. The Morgan fingerprint density at radius 3 is 2.64 bits per heavy atom. The zero-order valence-corrected chi connectivity index (χ0v) is 12.0. The number of rotatable bonds is 6. The average Bonchev–Trinajstić information content (AvgIpc) is 2.58. The van der Waals surface area contributed by atoms with Crippen LogP contribution in [0.25, 0.3) is 6.08 Å². The molecular weight excluding hydrogens is 276 g/mol. The normalized spacial score (nSPS) is 10.1. The van der Waals surface area contributed by atoms with Gasteiger partial charge >= 0.3 is 0 Å². The number of nitrogens with one attached hydrogen (secondary N) is 1. The Morgan fingerprint density at radius 1 is 1.14 bits per heavy atom. The van der Waals surface area contributed by atoms with Crippen LogP contribution in [0.3, 0.4) is 0 Å². The number of hydrogen-bond acceptors (Lipinski definition) is 3. The molecule has 0 fully saturated rings. The molecule has 0 heterocycles. The van der Waals surface area contributed by atoms with Crippen molar-refractivity contribution in [2.24, 2.45) is 0 Å². The molecule has 0 unspecified atom stereocenters. The van der Waals surface area contributed by atoms with Gasteiger partial charge in [-0.15, -0.1) is 0 Å². The Balaban J connectivity index is 1.75. The van der Waals surface area contributed by atoms with E-state index in [1.54, 1.807) is 24.3 Å². The van der Waals surface area contributed by atoms with Gasteiger partial charge < -0.3 is 10.1 Å². The lowest BCUT2D eigenvalue weighted by molar-refractivity contribution is -0.122. The summed E-state index contributed by atoms with van der Waals surface area (Å²) >= 11 is 0. The maximum Gasteiger partial charge on any atom is 0.258 e. The molecule has 2 aromatic rings. The summed E-state index contributed by atoms with van der Waals surface area (Å²) in [7, 11) is 0. The highest BCUT2D eigenvalue weighted by Gasteiger charge is 2.04. The summed E-state index contributed by atoms with van der Waals surface area (Å²) in [6, 6.07) is 18.7. The van der Waals surface area contributed by atoms with Crippen molar-refractivity contribution in [1.29, 1.82) is 5.26 Å². The molecule has 4 heteroatoms. The maximum absolute atomic E-state index is 11.7. The largest absolute Gasteiger partial charge is 0.482 e. The molecule has 0 saturated heterocycles. The van der Waals surface area contributed by atoms with Gasteiger partial charge in [-0.3, -0.25) is 4.79 Å². The fourth-order valence-electron chi connectivity index (χ4n) is 1.81. The molecule has 0 radical (unpaired) electrons. The number of hydrogen-bond donors (Lipinski definition) is 1. The third kappa shape index (κ3) is 4.80. The van der Waals surface area contributed by atoms with Crippen molar-refractivity contribution in [3.05, 3.63) is 71.8 Å². The molecule has 0 aliphatic rings.